The summed E-state index contributed by atoms with van der Waals surface area (Å²) >= 11 is 0. The largest absolute Gasteiger partial charge is 0.465 e. The molecular formula is C26H27NO7. The van der Waals surface area contributed by atoms with Crippen LogP contribution in [0.5, 0.6) is 0 Å². The molecule has 1 fully saturated rings. The number of esters is 2. The highest BCUT2D eigenvalue weighted by molar-refractivity contribution is 6.21. The average molecular weight is 466 g/mol. The smallest absolute Gasteiger partial charge is 0.327 e. The predicted octanol–water partition coefficient (Wildman–Crippen LogP) is 3.45. The third kappa shape index (κ3) is 3.24. The van der Waals surface area contributed by atoms with E-state index in [1.54, 1.807) is 75.4 Å². The molecule has 178 valence electrons. The van der Waals surface area contributed by atoms with Gasteiger partial charge < -0.3 is 14.2 Å². The molecule has 0 spiro atoms. The maximum atomic E-state index is 13.6. The highest BCUT2D eigenvalue weighted by Gasteiger charge is 2.72. The first-order valence-electron chi connectivity index (χ1n) is 11.4. The second-order valence-electron chi connectivity index (χ2n) is 8.20. The fourth-order valence-electron chi connectivity index (χ4n) is 5.11. The van der Waals surface area contributed by atoms with Crippen LogP contribution in [0.4, 0.5) is 0 Å². The summed E-state index contributed by atoms with van der Waals surface area (Å²) < 4.78 is 17.3. The molecule has 2 heterocycles. The number of amides is 2. The van der Waals surface area contributed by atoms with E-state index in [0.717, 1.165) is 4.90 Å². The van der Waals surface area contributed by atoms with E-state index in [9.17, 15) is 19.2 Å². The minimum atomic E-state index is -1.92. The molecule has 0 unspecified atom stereocenters. The Balaban J connectivity index is 1.90. The fraction of sp³-hybridized carbons (Fsp3) is 0.385. The van der Waals surface area contributed by atoms with Gasteiger partial charge in [-0.05, 0) is 38.0 Å². The van der Waals surface area contributed by atoms with Crippen molar-refractivity contribution in [2.45, 2.75) is 45.4 Å². The molecule has 0 radical (unpaired) electrons. The van der Waals surface area contributed by atoms with Crippen molar-refractivity contribution in [3.63, 3.8) is 0 Å². The second-order valence-corrected chi connectivity index (χ2v) is 8.20. The Labute approximate surface area is 197 Å². The van der Waals surface area contributed by atoms with Crippen molar-refractivity contribution >= 4 is 23.8 Å². The van der Waals surface area contributed by atoms with Crippen LogP contribution < -0.4 is 0 Å². The Hall–Kier alpha value is -3.52. The van der Waals surface area contributed by atoms with E-state index in [4.69, 9.17) is 14.2 Å². The number of hydrogen-bond donors (Lipinski definition) is 0. The molecule has 0 aliphatic carbocycles. The van der Waals surface area contributed by atoms with E-state index in [-0.39, 0.29) is 37.2 Å². The van der Waals surface area contributed by atoms with Gasteiger partial charge in [-0.2, -0.15) is 0 Å². The van der Waals surface area contributed by atoms with Gasteiger partial charge in [0.05, 0.1) is 24.3 Å². The Kier molecular flexibility index (Phi) is 6.27. The average Bonchev–Trinajstić information content (AvgIpc) is 3.33. The first-order valence-corrected chi connectivity index (χ1v) is 11.4. The number of rotatable bonds is 7. The molecule has 2 aliphatic heterocycles. The first-order chi connectivity index (χ1) is 16.4. The molecule has 2 amide bonds. The normalized spacial score (nSPS) is 23.0. The molecule has 34 heavy (non-hydrogen) atoms. The van der Waals surface area contributed by atoms with Gasteiger partial charge in [-0.25, -0.2) is 4.90 Å². The summed E-state index contributed by atoms with van der Waals surface area (Å²) in [6.07, 6.45) is -1.27. The molecule has 0 bridgehead atoms. The van der Waals surface area contributed by atoms with Gasteiger partial charge in [0.1, 0.15) is 11.8 Å². The number of imide groups is 1. The van der Waals surface area contributed by atoms with Crippen molar-refractivity contribution in [3.05, 3.63) is 71.3 Å². The lowest BCUT2D eigenvalue weighted by Gasteiger charge is -2.40. The van der Waals surface area contributed by atoms with Crippen molar-refractivity contribution in [1.82, 2.24) is 4.90 Å². The van der Waals surface area contributed by atoms with Crippen LogP contribution in [-0.4, -0.2) is 48.1 Å². The Morgan fingerprint density at radius 1 is 0.882 bits per heavy atom. The highest BCUT2D eigenvalue weighted by Crippen LogP contribution is 2.57. The number of hydrogen-bond acceptors (Lipinski definition) is 7. The first kappa shape index (κ1) is 23.6. The molecule has 2 aromatic rings. The van der Waals surface area contributed by atoms with Gasteiger partial charge in [-0.3, -0.25) is 19.2 Å². The van der Waals surface area contributed by atoms with Crippen LogP contribution >= 0.6 is 0 Å². The molecule has 0 saturated carbocycles. The number of benzene rings is 2. The zero-order valence-corrected chi connectivity index (χ0v) is 19.4. The molecule has 8 nitrogen and oxygen atoms in total. The monoisotopic (exact) mass is 465 g/mol. The molecular weight excluding hydrogens is 438 g/mol. The topological polar surface area (TPSA) is 99.2 Å². The summed E-state index contributed by atoms with van der Waals surface area (Å²) in [7, 11) is 0. The van der Waals surface area contributed by atoms with Gasteiger partial charge in [0.15, 0.2) is 0 Å². The fourth-order valence-corrected chi connectivity index (χ4v) is 5.11. The number of fused-ring (bicyclic) bond motifs is 1. The standard InChI is InChI=1S/C26H27NO7/c1-4-26(17-12-8-7-9-13-17)25(23(30)32-5-2,24(31)33-6-3)16-20(34-26)27-21(28)18-14-10-11-15-19(18)22(27)29/h7-15,20H,4-6,16H2,1-3H3/t20-,26-/m1/s1. The van der Waals surface area contributed by atoms with E-state index >= 15 is 0 Å². The van der Waals surface area contributed by atoms with E-state index in [2.05, 4.69) is 0 Å². The van der Waals surface area contributed by atoms with Gasteiger partial charge in [-0.15, -0.1) is 0 Å². The van der Waals surface area contributed by atoms with E-state index in [1.165, 1.54) is 0 Å². The number of carbonyl (C=O) groups is 4. The van der Waals surface area contributed by atoms with Crippen LogP contribution in [-0.2, 0) is 29.4 Å². The molecule has 1 saturated heterocycles. The van der Waals surface area contributed by atoms with Gasteiger partial charge in [0.25, 0.3) is 11.8 Å². The number of nitrogens with zero attached hydrogens (tertiary/aromatic N) is 1. The van der Waals surface area contributed by atoms with Gasteiger partial charge in [0, 0.05) is 6.42 Å². The number of carbonyl (C=O) groups excluding carboxylic acids is 4. The lowest BCUT2D eigenvalue weighted by molar-refractivity contribution is -0.191. The van der Waals surface area contributed by atoms with Crippen LogP contribution in [0.3, 0.4) is 0 Å². The maximum Gasteiger partial charge on any atom is 0.327 e. The number of ether oxygens (including phenoxy) is 3. The van der Waals surface area contributed by atoms with Crippen molar-refractivity contribution < 1.29 is 33.4 Å². The summed E-state index contributed by atoms with van der Waals surface area (Å²) in [6.45, 7) is 5.14. The molecule has 4 rings (SSSR count). The van der Waals surface area contributed by atoms with Crippen LogP contribution in [0.2, 0.25) is 0 Å². The van der Waals surface area contributed by atoms with Gasteiger partial charge >= 0.3 is 11.9 Å². The maximum absolute atomic E-state index is 13.6. The van der Waals surface area contributed by atoms with E-state index in [0.29, 0.717) is 5.56 Å². The van der Waals surface area contributed by atoms with E-state index < -0.39 is 41.0 Å². The van der Waals surface area contributed by atoms with Crippen molar-refractivity contribution in [2.75, 3.05) is 13.2 Å². The van der Waals surface area contributed by atoms with Crippen LogP contribution in [0, 0.1) is 5.41 Å². The second kappa shape index (κ2) is 9.02. The van der Waals surface area contributed by atoms with Crippen LogP contribution in [0.15, 0.2) is 54.6 Å². The van der Waals surface area contributed by atoms with Crippen molar-refractivity contribution in [3.8, 4) is 0 Å². The minimum absolute atomic E-state index is 0.0340. The molecule has 8 heteroatoms. The predicted molar refractivity (Wildman–Crippen MR) is 121 cm³/mol. The summed E-state index contributed by atoms with van der Waals surface area (Å²) in [5, 5.41) is 0. The van der Waals surface area contributed by atoms with Gasteiger partial charge in [0.2, 0.25) is 5.41 Å². The molecule has 2 atom stereocenters. The summed E-state index contributed by atoms with van der Waals surface area (Å²) in [6, 6.07) is 15.3. The summed E-state index contributed by atoms with van der Waals surface area (Å²) in [4.78, 5) is 54.6. The SMILES string of the molecule is CCOC(=O)C1(C(=O)OCC)C[C@H](N2C(=O)c3ccccc3C2=O)O[C@]1(CC)c1ccccc1. The minimum Gasteiger partial charge on any atom is -0.465 e. The lowest BCUT2D eigenvalue weighted by atomic mass is 9.66. The third-order valence-corrected chi connectivity index (χ3v) is 6.61. The van der Waals surface area contributed by atoms with Crippen molar-refractivity contribution in [1.29, 1.82) is 0 Å². The Bertz CT molecular complexity index is 1080. The zero-order chi connectivity index (χ0) is 24.5. The lowest BCUT2D eigenvalue weighted by Crippen LogP contribution is -2.54. The quantitative estimate of drug-likeness (QED) is 0.351. The Morgan fingerprint density at radius 2 is 1.38 bits per heavy atom. The summed E-state index contributed by atoms with van der Waals surface area (Å²) in [5.74, 6) is -2.68. The molecule has 2 aromatic carbocycles. The van der Waals surface area contributed by atoms with Crippen LogP contribution in [0.1, 0.15) is 59.9 Å². The van der Waals surface area contributed by atoms with E-state index in [1.807, 2.05) is 0 Å². The Morgan fingerprint density at radius 3 is 1.85 bits per heavy atom. The van der Waals surface area contributed by atoms with Gasteiger partial charge in [-0.1, -0.05) is 49.4 Å². The zero-order valence-electron chi connectivity index (χ0n) is 19.4. The molecule has 0 aromatic heterocycles. The van der Waals surface area contributed by atoms with Crippen molar-refractivity contribution in [2.24, 2.45) is 5.41 Å². The molecule has 0 N–H and O–H groups in total. The highest BCUT2D eigenvalue weighted by atomic mass is 16.6. The molecule has 2 aliphatic rings. The summed E-state index contributed by atoms with van der Waals surface area (Å²) in [5.41, 5.74) is -2.38. The third-order valence-electron chi connectivity index (χ3n) is 6.61. The van der Waals surface area contributed by atoms with Crippen LogP contribution in [0.25, 0.3) is 0 Å².